The summed E-state index contributed by atoms with van der Waals surface area (Å²) in [6, 6.07) is 3.57. The van der Waals surface area contributed by atoms with Crippen molar-refractivity contribution in [3.05, 3.63) is 28.8 Å². The van der Waals surface area contributed by atoms with E-state index in [9.17, 15) is 18.0 Å². The summed E-state index contributed by atoms with van der Waals surface area (Å²) in [5.41, 5.74) is -2.15. The first-order valence-electron chi connectivity index (χ1n) is 7.81. The first-order valence-corrected chi connectivity index (χ1v) is 8.19. The summed E-state index contributed by atoms with van der Waals surface area (Å²) in [6.07, 6.45) is -4.68. The van der Waals surface area contributed by atoms with Crippen LogP contribution in [0.25, 0.3) is 0 Å². The van der Waals surface area contributed by atoms with Crippen LogP contribution in [0.1, 0.15) is 46.6 Å². The van der Waals surface area contributed by atoms with Crippen LogP contribution in [-0.4, -0.2) is 23.8 Å². The summed E-state index contributed by atoms with van der Waals surface area (Å²) >= 11 is 5.65. The van der Waals surface area contributed by atoms with Gasteiger partial charge in [-0.3, -0.25) is 0 Å². The van der Waals surface area contributed by atoms with Crippen molar-refractivity contribution in [3.8, 4) is 0 Å². The van der Waals surface area contributed by atoms with Gasteiger partial charge in [0.25, 0.3) is 0 Å². The number of alkyl halides is 3. The average Bonchev–Trinajstić information content (AvgIpc) is 2.35. The maximum Gasteiger partial charge on any atom is 0.418 e. The van der Waals surface area contributed by atoms with Gasteiger partial charge >= 0.3 is 12.3 Å². The average molecular weight is 381 g/mol. The van der Waals surface area contributed by atoms with Crippen molar-refractivity contribution < 1.29 is 22.7 Å². The molecule has 1 aromatic carbocycles. The molecule has 0 aliphatic heterocycles. The van der Waals surface area contributed by atoms with Crippen LogP contribution >= 0.6 is 11.6 Å². The van der Waals surface area contributed by atoms with E-state index in [2.05, 4.69) is 10.6 Å². The molecule has 0 atom stereocenters. The molecule has 25 heavy (non-hydrogen) atoms. The van der Waals surface area contributed by atoms with Crippen molar-refractivity contribution >= 4 is 23.4 Å². The number of nitrogens with one attached hydrogen (secondary N) is 2. The third-order valence-corrected chi connectivity index (χ3v) is 3.43. The van der Waals surface area contributed by atoms with E-state index >= 15 is 0 Å². The van der Waals surface area contributed by atoms with Crippen molar-refractivity contribution in [1.29, 1.82) is 0 Å². The van der Waals surface area contributed by atoms with Gasteiger partial charge in [-0.2, -0.15) is 13.2 Å². The SMILES string of the molecule is CC(C)(CCNc1ccc(Cl)cc1C(F)(F)F)NC(=O)OC(C)(C)C. The molecule has 0 bridgehead atoms. The largest absolute Gasteiger partial charge is 0.444 e. The third-order valence-electron chi connectivity index (χ3n) is 3.19. The Morgan fingerprint density at radius 1 is 1.16 bits per heavy atom. The number of hydrogen-bond donors (Lipinski definition) is 2. The highest BCUT2D eigenvalue weighted by Gasteiger charge is 2.34. The molecule has 0 saturated carbocycles. The van der Waals surface area contributed by atoms with Crippen LogP contribution in [0.2, 0.25) is 5.02 Å². The highest BCUT2D eigenvalue weighted by Crippen LogP contribution is 2.36. The van der Waals surface area contributed by atoms with Crippen LogP contribution < -0.4 is 10.6 Å². The number of rotatable bonds is 5. The highest BCUT2D eigenvalue weighted by atomic mass is 35.5. The maximum atomic E-state index is 13.0. The number of carbonyl (C=O) groups is 1. The van der Waals surface area contributed by atoms with Crippen LogP contribution in [0.3, 0.4) is 0 Å². The van der Waals surface area contributed by atoms with E-state index in [0.717, 1.165) is 6.07 Å². The number of benzene rings is 1. The van der Waals surface area contributed by atoms with Crippen LogP contribution in [0.15, 0.2) is 18.2 Å². The maximum absolute atomic E-state index is 13.0. The second-order valence-electron chi connectivity index (χ2n) is 7.38. The molecule has 8 heteroatoms. The Hall–Kier alpha value is -1.63. The Balaban J connectivity index is 2.66. The predicted octanol–water partition coefficient (Wildman–Crippen LogP) is 5.46. The summed E-state index contributed by atoms with van der Waals surface area (Å²) < 4.78 is 44.3. The number of amides is 1. The fourth-order valence-corrected chi connectivity index (χ4v) is 2.23. The Morgan fingerprint density at radius 3 is 2.28 bits per heavy atom. The predicted molar refractivity (Wildman–Crippen MR) is 93.0 cm³/mol. The minimum atomic E-state index is -4.50. The molecule has 1 amide bonds. The molecule has 0 radical (unpaired) electrons. The first kappa shape index (κ1) is 21.4. The van der Waals surface area contributed by atoms with Gasteiger partial charge in [-0.15, -0.1) is 0 Å². The van der Waals surface area contributed by atoms with Crippen LogP contribution in [-0.2, 0) is 10.9 Å². The van der Waals surface area contributed by atoms with Crippen molar-refractivity contribution in [2.24, 2.45) is 0 Å². The standard InChI is InChI=1S/C17H24ClF3N2O2/c1-15(2,3)25-14(24)23-16(4,5)8-9-22-13-7-6-11(18)10-12(13)17(19,20)21/h6-7,10,22H,8-9H2,1-5H3,(H,23,24). The number of alkyl carbamates (subject to hydrolysis) is 1. The zero-order valence-corrected chi connectivity index (χ0v) is 15.7. The van der Waals surface area contributed by atoms with Crippen LogP contribution in [0, 0.1) is 0 Å². The molecule has 1 aromatic rings. The number of carbonyl (C=O) groups excluding carboxylic acids is 1. The minimum absolute atomic E-state index is 0.0183. The Bertz CT molecular complexity index is 611. The summed E-state index contributed by atoms with van der Waals surface area (Å²) in [4.78, 5) is 11.8. The third kappa shape index (κ3) is 7.86. The molecule has 4 nitrogen and oxygen atoms in total. The molecule has 0 aromatic heterocycles. The fraction of sp³-hybridized carbons (Fsp3) is 0.588. The van der Waals surface area contributed by atoms with Gasteiger partial charge in [0.2, 0.25) is 0 Å². The van der Waals surface area contributed by atoms with Gasteiger partial charge < -0.3 is 15.4 Å². The molecule has 0 fully saturated rings. The zero-order valence-electron chi connectivity index (χ0n) is 15.0. The molecule has 0 aliphatic rings. The lowest BCUT2D eigenvalue weighted by molar-refractivity contribution is -0.136. The fourth-order valence-electron chi connectivity index (χ4n) is 2.06. The molecule has 0 spiro atoms. The number of halogens is 4. The molecule has 0 saturated heterocycles. The van der Waals surface area contributed by atoms with E-state index in [1.807, 2.05) is 0 Å². The van der Waals surface area contributed by atoms with Crippen LogP contribution in [0.4, 0.5) is 23.7 Å². The van der Waals surface area contributed by atoms with Gasteiger partial charge in [0.1, 0.15) is 5.60 Å². The lowest BCUT2D eigenvalue weighted by Gasteiger charge is -2.29. The lowest BCUT2D eigenvalue weighted by atomic mass is 10.0. The molecule has 0 heterocycles. The van der Waals surface area contributed by atoms with E-state index < -0.39 is 29.0 Å². The van der Waals surface area contributed by atoms with Crippen molar-refractivity contribution in [3.63, 3.8) is 0 Å². The van der Waals surface area contributed by atoms with E-state index in [4.69, 9.17) is 16.3 Å². The molecule has 1 rings (SSSR count). The molecule has 0 aliphatic carbocycles. The Labute approximate surface area is 151 Å². The zero-order chi connectivity index (χ0) is 19.5. The van der Waals surface area contributed by atoms with Gasteiger partial charge in [-0.1, -0.05) is 11.6 Å². The smallest absolute Gasteiger partial charge is 0.418 e. The van der Waals surface area contributed by atoms with Gasteiger partial charge in [0.15, 0.2) is 0 Å². The second-order valence-corrected chi connectivity index (χ2v) is 7.81. The van der Waals surface area contributed by atoms with Crippen molar-refractivity contribution in [1.82, 2.24) is 5.32 Å². The quantitative estimate of drug-likeness (QED) is 0.712. The summed E-state index contributed by atoms with van der Waals surface area (Å²) in [5.74, 6) is 0. The Morgan fingerprint density at radius 2 is 1.76 bits per heavy atom. The van der Waals surface area contributed by atoms with Crippen LogP contribution in [0.5, 0.6) is 0 Å². The second kappa shape index (κ2) is 7.72. The van der Waals surface area contributed by atoms with Gasteiger partial charge in [-0.25, -0.2) is 4.79 Å². The van der Waals surface area contributed by atoms with E-state index in [1.165, 1.54) is 12.1 Å². The van der Waals surface area contributed by atoms with E-state index in [1.54, 1.807) is 34.6 Å². The van der Waals surface area contributed by atoms with Crippen molar-refractivity contribution in [2.45, 2.75) is 58.4 Å². The monoisotopic (exact) mass is 380 g/mol. The topological polar surface area (TPSA) is 50.4 Å². The summed E-state index contributed by atoms with van der Waals surface area (Å²) in [7, 11) is 0. The molecule has 142 valence electrons. The highest BCUT2D eigenvalue weighted by molar-refractivity contribution is 6.30. The summed E-state index contributed by atoms with van der Waals surface area (Å²) in [5, 5.41) is 5.48. The van der Waals surface area contributed by atoms with E-state index in [-0.39, 0.29) is 17.3 Å². The lowest BCUT2D eigenvalue weighted by Crippen LogP contribution is -2.46. The first-order chi connectivity index (χ1) is 11.2. The minimum Gasteiger partial charge on any atom is -0.444 e. The van der Waals surface area contributed by atoms with Gasteiger partial charge in [0, 0.05) is 22.8 Å². The number of ether oxygens (including phenoxy) is 1. The van der Waals surface area contributed by atoms with Gasteiger partial charge in [0.05, 0.1) is 5.56 Å². The van der Waals surface area contributed by atoms with E-state index in [0.29, 0.717) is 6.42 Å². The Kier molecular flexibility index (Phi) is 6.61. The molecular formula is C17H24ClF3N2O2. The van der Waals surface area contributed by atoms with Crippen molar-refractivity contribution in [2.75, 3.05) is 11.9 Å². The number of anilines is 1. The molecule has 0 unspecified atom stereocenters. The normalized spacial score (nSPS) is 12.7. The van der Waals surface area contributed by atoms with Gasteiger partial charge in [-0.05, 0) is 59.2 Å². The number of hydrogen-bond acceptors (Lipinski definition) is 3. The molecule has 2 N–H and O–H groups in total. The summed E-state index contributed by atoms with van der Waals surface area (Å²) in [6.45, 7) is 9.02. The molecular weight excluding hydrogens is 357 g/mol.